The van der Waals surface area contributed by atoms with Gasteiger partial charge in [-0.2, -0.15) is 0 Å². The van der Waals surface area contributed by atoms with Crippen molar-refractivity contribution in [2.45, 2.75) is 40.0 Å². The van der Waals surface area contributed by atoms with E-state index in [4.69, 9.17) is 0 Å². The van der Waals surface area contributed by atoms with E-state index < -0.39 is 0 Å². The number of rotatable bonds is 0. The average Bonchev–Trinajstić information content (AvgIpc) is 2.56. The van der Waals surface area contributed by atoms with E-state index in [-0.39, 0.29) is 0 Å². The van der Waals surface area contributed by atoms with E-state index in [1.807, 2.05) is 6.92 Å². The van der Waals surface area contributed by atoms with E-state index in [9.17, 15) is 4.79 Å². The molecule has 0 N–H and O–H groups in total. The molecule has 0 aromatic rings. The molecular formula is C13H18O. The first kappa shape index (κ1) is 8.70. The van der Waals surface area contributed by atoms with Crippen LogP contribution in [0.1, 0.15) is 40.0 Å². The third-order valence-corrected chi connectivity index (χ3v) is 5.04. The van der Waals surface area contributed by atoms with Crippen LogP contribution in [0.3, 0.4) is 0 Å². The number of allylic oxidation sites excluding steroid dienone is 2. The fourth-order valence-corrected chi connectivity index (χ4v) is 4.02. The van der Waals surface area contributed by atoms with Crippen LogP contribution in [-0.4, -0.2) is 5.78 Å². The standard InChI is InChI=1S/C13H18O/c1-7-9-6-10-12(13(10,2)3)8(9)4-5-11(7)14/h8,10,12H,4-6H2,1-3H3/t8-,10-,12+/m1/s1. The first-order chi connectivity index (χ1) is 6.53. The minimum atomic E-state index is 0.412. The number of hydrogen-bond acceptors (Lipinski definition) is 1. The van der Waals surface area contributed by atoms with Gasteiger partial charge in [0, 0.05) is 6.42 Å². The molecule has 0 heterocycles. The van der Waals surface area contributed by atoms with Gasteiger partial charge >= 0.3 is 0 Å². The maximum absolute atomic E-state index is 11.6. The van der Waals surface area contributed by atoms with E-state index in [0.29, 0.717) is 11.2 Å². The first-order valence-electron chi connectivity index (χ1n) is 5.76. The largest absolute Gasteiger partial charge is 0.295 e. The van der Waals surface area contributed by atoms with Crippen LogP contribution in [0.5, 0.6) is 0 Å². The molecule has 0 saturated heterocycles. The molecule has 0 amide bonds. The Morgan fingerprint density at radius 3 is 2.79 bits per heavy atom. The molecule has 3 rings (SSSR count). The highest BCUT2D eigenvalue weighted by molar-refractivity contribution is 5.96. The predicted molar refractivity (Wildman–Crippen MR) is 55.8 cm³/mol. The van der Waals surface area contributed by atoms with Crippen molar-refractivity contribution in [2.75, 3.05) is 0 Å². The van der Waals surface area contributed by atoms with Crippen molar-refractivity contribution in [3.05, 3.63) is 11.1 Å². The molecule has 14 heavy (non-hydrogen) atoms. The molecule has 0 radical (unpaired) electrons. The van der Waals surface area contributed by atoms with Crippen molar-refractivity contribution in [1.29, 1.82) is 0 Å². The van der Waals surface area contributed by atoms with Gasteiger partial charge in [0.15, 0.2) is 5.78 Å². The van der Waals surface area contributed by atoms with E-state index >= 15 is 0 Å². The van der Waals surface area contributed by atoms with Crippen LogP contribution in [0.25, 0.3) is 0 Å². The number of carbonyl (C=O) groups is 1. The van der Waals surface area contributed by atoms with Gasteiger partial charge < -0.3 is 0 Å². The van der Waals surface area contributed by atoms with E-state index in [2.05, 4.69) is 13.8 Å². The minimum Gasteiger partial charge on any atom is -0.295 e. The highest BCUT2D eigenvalue weighted by atomic mass is 16.1. The summed E-state index contributed by atoms with van der Waals surface area (Å²) in [6.45, 7) is 6.83. The number of carbonyl (C=O) groups excluding carboxylic acids is 1. The fourth-order valence-electron chi connectivity index (χ4n) is 4.02. The van der Waals surface area contributed by atoms with Gasteiger partial charge in [0.1, 0.15) is 0 Å². The Kier molecular flexibility index (Phi) is 1.44. The van der Waals surface area contributed by atoms with Crippen LogP contribution in [0, 0.1) is 23.2 Å². The summed E-state index contributed by atoms with van der Waals surface area (Å²) in [5.41, 5.74) is 3.22. The lowest BCUT2D eigenvalue weighted by Gasteiger charge is -2.26. The Labute approximate surface area is 85.6 Å². The van der Waals surface area contributed by atoms with Crippen LogP contribution >= 0.6 is 0 Å². The summed E-state index contributed by atoms with van der Waals surface area (Å²) in [5, 5.41) is 0. The first-order valence-corrected chi connectivity index (χ1v) is 5.76. The van der Waals surface area contributed by atoms with Gasteiger partial charge in [-0.05, 0) is 48.5 Å². The van der Waals surface area contributed by atoms with Gasteiger partial charge in [-0.3, -0.25) is 4.79 Å². The van der Waals surface area contributed by atoms with Crippen molar-refractivity contribution in [3.63, 3.8) is 0 Å². The lowest BCUT2D eigenvalue weighted by atomic mass is 9.78. The second-order valence-corrected chi connectivity index (χ2v) is 5.88. The topological polar surface area (TPSA) is 17.1 Å². The molecule has 1 heteroatoms. The van der Waals surface area contributed by atoms with Crippen molar-refractivity contribution >= 4 is 5.78 Å². The summed E-state index contributed by atoms with van der Waals surface area (Å²) in [6, 6.07) is 0. The van der Waals surface area contributed by atoms with Crippen LogP contribution in [0.2, 0.25) is 0 Å². The molecule has 0 unspecified atom stereocenters. The summed E-state index contributed by atoms with van der Waals surface area (Å²) in [5.74, 6) is 2.98. The van der Waals surface area contributed by atoms with Gasteiger partial charge in [-0.1, -0.05) is 19.4 Å². The van der Waals surface area contributed by atoms with Crippen LogP contribution in [0.4, 0.5) is 0 Å². The molecule has 0 aromatic heterocycles. The van der Waals surface area contributed by atoms with Crippen molar-refractivity contribution in [1.82, 2.24) is 0 Å². The second-order valence-electron chi connectivity index (χ2n) is 5.88. The molecule has 3 aliphatic rings. The van der Waals surface area contributed by atoms with Gasteiger partial charge in [-0.15, -0.1) is 0 Å². The molecular weight excluding hydrogens is 172 g/mol. The molecule has 1 nitrogen and oxygen atoms in total. The third-order valence-electron chi connectivity index (χ3n) is 5.04. The molecule has 2 saturated carbocycles. The zero-order valence-electron chi connectivity index (χ0n) is 9.26. The van der Waals surface area contributed by atoms with Crippen molar-refractivity contribution in [2.24, 2.45) is 23.2 Å². The van der Waals surface area contributed by atoms with Crippen molar-refractivity contribution in [3.8, 4) is 0 Å². The summed E-state index contributed by atoms with van der Waals surface area (Å²) in [7, 11) is 0. The summed E-state index contributed by atoms with van der Waals surface area (Å²) in [6.07, 6.45) is 3.16. The highest BCUT2D eigenvalue weighted by Gasteiger charge is 2.65. The third kappa shape index (κ3) is 0.838. The number of Topliss-reactive ketones (excluding diaryl/α,β-unsaturated/α-hetero) is 1. The average molecular weight is 190 g/mol. The lowest BCUT2D eigenvalue weighted by molar-refractivity contribution is -0.116. The maximum atomic E-state index is 11.6. The monoisotopic (exact) mass is 190 g/mol. The lowest BCUT2D eigenvalue weighted by Crippen LogP contribution is -2.20. The normalized spacial score (nSPS) is 43.6. The second kappa shape index (κ2) is 2.32. The highest BCUT2D eigenvalue weighted by Crippen LogP contribution is 2.72. The maximum Gasteiger partial charge on any atom is 0.158 e. The molecule has 3 aliphatic carbocycles. The molecule has 3 atom stereocenters. The number of ketones is 1. The minimum absolute atomic E-state index is 0.412. The summed E-state index contributed by atoms with van der Waals surface area (Å²) < 4.78 is 0. The molecule has 76 valence electrons. The molecule has 0 aromatic carbocycles. The molecule has 2 fully saturated rings. The van der Waals surface area contributed by atoms with Gasteiger partial charge in [0.05, 0.1) is 0 Å². The summed E-state index contributed by atoms with van der Waals surface area (Å²) in [4.78, 5) is 11.6. The Bertz CT molecular complexity index is 348. The Morgan fingerprint density at radius 1 is 1.36 bits per heavy atom. The zero-order chi connectivity index (χ0) is 10.1. The van der Waals surface area contributed by atoms with E-state index in [1.165, 1.54) is 12.0 Å². The van der Waals surface area contributed by atoms with Crippen LogP contribution in [0.15, 0.2) is 11.1 Å². The van der Waals surface area contributed by atoms with E-state index in [1.54, 1.807) is 0 Å². The van der Waals surface area contributed by atoms with E-state index in [0.717, 1.165) is 36.2 Å². The Morgan fingerprint density at radius 2 is 2.07 bits per heavy atom. The predicted octanol–water partition coefficient (Wildman–Crippen LogP) is 2.96. The SMILES string of the molecule is CC1=C2C[C@@H]3[C@H]([C@@H]2CCC1=O)C3(C)C. The van der Waals surface area contributed by atoms with Gasteiger partial charge in [0.2, 0.25) is 0 Å². The van der Waals surface area contributed by atoms with Crippen LogP contribution < -0.4 is 0 Å². The van der Waals surface area contributed by atoms with Crippen LogP contribution in [-0.2, 0) is 4.79 Å². The Balaban J connectivity index is 1.98. The molecule has 0 spiro atoms. The number of fused-ring (bicyclic) bond motifs is 3. The van der Waals surface area contributed by atoms with Gasteiger partial charge in [-0.25, -0.2) is 0 Å². The smallest absolute Gasteiger partial charge is 0.158 e. The summed E-state index contributed by atoms with van der Waals surface area (Å²) >= 11 is 0. The Hall–Kier alpha value is -0.590. The quantitative estimate of drug-likeness (QED) is 0.574. The van der Waals surface area contributed by atoms with Gasteiger partial charge in [0.25, 0.3) is 0 Å². The zero-order valence-corrected chi connectivity index (χ0v) is 9.26. The molecule has 0 bridgehead atoms. The number of hydrogen-bond donors (Lipinski definition) is 0. The van der Waals surface area contributed by atoms with Crippen molar-refractivity contribution < 1.29 is 4.79 Å². The fraction of sp³-hybridized carbons (Fsp3) is 0.769. The molecule has 0 aliphatic heterocycles.